The summed E-state index contributed by atoms with van der Waals surface area (Å²) in [4.78, 5) is 16.6. The molecule has 1 N–H and O–H groups in total. The lowest BCUT2D eigenvalue weighted by atomic mass is 10.2. The van der Waals surface area contributed by atoms with Crippen LogP contribution in [0.3, 0.4) is 0 Å². The summed E-state index contributed by atoms with van der Waals surface area (Å²) in [5.74, 6) is -0.441. The van der Waals surface area contributed by atoms with Crippen molar-refractivity contribution in [3.05, 3.63) is 23.4 Å². The van der Waals surface area contributed by atoms with Gasteiger partial charge >= 0.3 is 6.18 Å². The molecule has 0 radical (unpaired) electrons. The van der Waals surface area contributed by atoms with Crippen molar-refractivity contribution in [1.29, 1.82) is 5.26 Å². The second-order valence-electron chi connectivity index (χ2n) is 4.45. The second kappa shape index (κ2) is 5.00. The lowest BCUT2D eigenvalue weighted by Crippen LogP contribution is -2.31. The van der Waals surface area contributed by atoms with E-state index in [1.54, 1.807) is 13.1 Å². The number of rotatable bonds is 2. The van der Waals surface area contributed by atoms with Gasteiger partial charge < -0.3 is 10.2 Å². The summed E-state index contributed by atoms with van der Waals surface area (Å²) in [5.41, 5.74) is -1.13. The van der Waals surface area contributed by atoms with Crippen molar-refractivity contribution in [2.24, 2.45) is 0 Å². The van der Waals surface area contributed by atoms with Crippen LogP contribution in [0.25, 0.3) is 0 Å². The fourth-order valence-electron chi connectivity index (χ4n) is 1.94. The van der Waals surface area contributed by atoms with Gasteiger partial charge in [-0.25, -0.2) is 4.98 Å². The van der Waals surface area contributed by atoms with Gasteiger partial charge in [-0.2, -0.15) is 18.4 Å². The van der Waals surface area contributed by atoms with E-state index in [4.69, 9.17) is 5.26 Å². The third-order valence-corrected chi connectivity index (χ3v) is 3.04. The van der Waals surface area contributed by atoms with Gasteiger partial charge in [0, 0.05) is 13.6 Å². The van der Waals surface area contributed by atoms with Crippen LogP contribution >= 0.6 is 0 Å². The van der Waals surface area contributed by atoms with E-state index in [1.165, 1.54) is 4.90 Å². The van der Waals surface area contributed by atoms with Gasteiger partial charge in [0.25, 0.3) is 0 Å². The molecule has 1 saturated heterocycles. The molecule has 1 amide bonds. The van der Waals surface area contributed by atoms with Gasteiger partial charge in [-0.15, -0.1) is 0 Å². The number of nitriles is 1. The summed E-state index contributed by atoms with van der Waals surface area (Å²) in [6.45, 7) is 0.511. The minimum Gasteiger partial charge on any atom is -0.357 e. The fourth-order valence-corrected chi connectivity index (χ4v) is 1.94. The van der Waals surface area contributed by atoms with Gasteiger partial charge in [0.15, 0.2) is 0 Å². The maximum atomic E-state index is 12.6. The first-order valence-corrected chi connectivity index (χ1v) is 5.83. The highest BCUT2D eigenvalue weighted by molar-refractivity contribution is 5.86. The Labute approximate surface area is 113 Å². The molecule has 106 valence electrons. The van der Waals surface area contributed by atoms with Crippen LogP contribution < -0.4 is 5.32 Å². The highest BCUT2D eigenvalue weighted by Gasteiger charge is 2.34. The summed E-state index contributed by atoms with van der Waals surface area (Å²) in [6, 6.07) is 2.89. The van der Waals surface area contributed by atoms with Gasteiger partial charge in [0.1, 0.15) is 23.6 Å². The number of alkyl halides is 3. The Bertz CT molecular complexity index is 579. The Balaban J connectivity index is 2.30. The third-order valence-electron chi connectivity index (χ3n) is 3.04. The Morgan fingerprint density at radius 1 is 1.50 bits per heavy atom. The minimum atomic E-state index is -4.60. The molecule has 8 heteroatoms. The van der Waals surface area contributed by atoms with Crippen LogP contribution in [-0.4, -0.2) is 35.4 Å². The predicted molar refractivity (Wildman–Crippen MR) is 63.6 cm³/mol. The SMILES string of the molecule is CN1CCC(Nc2nc(C(F)(F)F)ccc2C#N)C1=O. The molecule has 1 aromatic rings. The zero-order chi connectivity index (χ0) is 14.9. The van der Waals surface area contributed by atoms with Crippen molar-refractivity contribution in [1.82, 2.24) is 9.88 Å². The number of anilines is 1. The first-order chi connectivity index (χ1) is 9.32. The number of carbonyl (C=O) groups is 1. The van der Waals surface area contributed by atoms with Gasteiger partial charge in [0.2, 0.25) is 5.91 Å². The smallest absolute Gasteiger partial charge is 0.357 e. The lowest BCUT2D eigenvalue weighted by Gasteiger charge is -2.15. The number of likely N-dealkylation sites (tertiary alicyclic amines) is 1. The maximum absolute atomic E-state index is 12.6. The van der Waals surface area contributed by atoms with E-state index < -0.39 is 17.9 Å². The van der Waals surface area contributed by atoms with Crippen molar-refractivity contribution in [3.63, 3.8) is 0 Å². The molecule has 20 heavy (non-hydrogen) atoms. The number of likely N-dealkylation sites (N-methyl/N-ethyl adjacent to an activating group) is 1. The van der Waals surface area contributed by atoms with Crippen LogP contribution in [0.15, 0.2) is 12.1 Å². The van der Waals surface area contributed by atoms with Crippen molar-refractivity contribution in [2.75, 3.05) is 18.9 Å². The van der Waals surface area contributed by atoms with Crippen LogP contribution in [-0.2, 0) is 11.0 Å². The molecule has 1 aliphatic heterocycles. The van der Waals surface area contributed by atoms with Crippen LogP contribution in [0, 0.1) is 11.3 Å². The molecule has 0 saturated carbocycles. The van der Waals surface area contributed by atoms with E-state index >= 15 is 0 Å². The van der Waals surface area contributed by atoms with E-state index in [-0.39, 0.29) is 17.3 Å². The van der Waals surface area contributed by atoms with Gasteiger partial charge in [-0.1, -0.05) is 0 Å². The summed E-state index contributed by atoms with van der Waals surface area (Å²) in [6.07, 6.45) is -4.14. The molecule has 1 aromatic heterocycles. The third kappa shape index (κ3) is 2.66. The molecule has 0 aliphatic carbocycles. The second-order valence-corrected chi connectivity index (χ2v) is 4.45. The fraction of sp³-hybridized carbons (Fsp3) is 0.417. The molecule has 0 bridgehead atoms. The number of nitrogens with zero attached hydrogens (tertiary/aromatic N) is 3. The molecule has 0 aromatic carbocycles. The topological polar surface area (TPSA) is 69.0 Å². The quantitative estimate of drug-likeness (QED) is 0.896. The van der Waals surface area contributed by atoms with Crippen molar-refractivity contribution in [3.8, 4) is 6.07 Å². The van der Waals surface area contributed by atoms with Gasteiger partial charge in [0.05, 0.1) is 5.56 Å². The molecule has 2 heterocycles. The Kier molecular flexibility index (Phi) is 3.53. The number of aromatic nitrogens is 1. The van der Waals surface area contributed by atoms with Crippen molar-refractivity contribution in [2.45, 2.75) is 18.6 Å². The summed E-state index contributed by atoms with van der Waals surface area (Å²) in [5, 5.41) is 11.5. The summed E-state index contributed by atoms with van der Waals surface area (Å²) in [7, 11) is 1.61. The summed E-state index contributed by atoms with van der Waals surface area (Å²) >= 11 is 0. The van der Waals surface area contributed by atoms with E-state index in [9.17, 15) is 18.0 Å². The molecule has 2 rings (SSSR count). The number of halogens is 3. The number of pyridine rings is 1. The van der Waals surface area contributed by atoms with Crippen LogP contribution in [0.4, 0.5) is 19.0 Å². The molecule has 1 unspecified atom stereocenters. The first-order valence-electron chi connectivity index (χ1n) is 5.83. The summed E-state index contributed by atoms with van der Waals surface area (Å²) < 4.78 is 37.8. The standard InChI is InChI=1S/C12H11F3N4O/c1-19-5-4-8(11(19)20)17-10-7(6-16)2-3-9(18-10)12(13,14)15/h2-3,8H,4-5H2,1H3,(H,17,18). The Hall–Kier alpha value is -2.30. The number of hydrogen-bond donors (Lipinski definition) is 1. The normalized spacial score (nSPS) is 19.1. The van der Waals surface area contributed by atoms with Crippen LogP contribution in [0.5, 0.6) is 0 Å². The lowest BCUT2D eigenvalue weighted by molar-refractivity contribution is -0.141. The zero-order valence-electron chi connectivity index (χ0n) is 10.5. The Morgan fingerprint density at radius 3 is 2.70 bits per heavy atom. The maximum Gasteiger partial charge on any atom is 0.433 e. The Morgan fingerprint density at radius 2 is 2.20 bits per heavy atom. The van der Waals surface area contributed by atoms with E-state index in [0.29, 0.717) is 13.0 Å². The minimum absolute atomic E-state index is 0.0275. The zero-order valence-corrected chi connectivity index (χ0v) is 10.5. The number of hydrogen-bond acceptors (Lipinski definition) is 4. The predicted octanol–water partition coefficient (Wildman–Crippen LogP) is 1.61. The molecule has 0 spiro atoms. The average molecular weight is 284 g/mol. The molecule has 1 atom stereocenters. The average Bonchev–Trinajstić information content (AvgIpc) is 2.69. The highest BCUT2D eigenvalue weighted by atomic mass is 19.4. The number of nitrogens with one attached hydrogen (secondary N) is 1. The molecule has 5 nitrogen and oxygen atoms in total. The molecule has 1 aliphatic rings. The van der Waals surface area contributed by atoms with Crippen molar-refractivity contribution >= 4 is 11.7 Å². The molecule has 1 fully saturated rings. The highest BCUT2D eigenvalue weighted by Crippen LogP contribution is 2.29. The van der Waals surface area contributed by atoms with Gasteiger partial charge in [-0.05, 0) is 18.6 Å². The first kappa shape index (κ1) is 14.1. The van der Waals surface area contributed by atoms with E-state index in [0.717, 1.165) is 12.1 Å². The largest absolute Gasteiger partial charge is 0.433 e. The number of carbonyl (C=O) groups excluding carboxylic acids is 1. The van der Waals surface area contributed by atoms with Crippen molar-refractivity contribution < 1.29 is 18.0 Å². The molecular weight excluding hydrogens is 273 g/mol. The van der Waals surface area contributed by atoms with E-state index in [2.05, 4.69) is 10.3 Å². The number of amides is 1. The van der Waals surface area contributed by atoms with Gasteiger partial charge in [-0.3, -0.25) is 4.79 Å². The van der Waals surface area contributed by atoms with Crippen LogP contribution in [0.2, 0.25) is 0 Å². The van der Waals surface area contributed by atoms with Crippen LogP contribution in [0.1, 0.15) is 17.7 Å². The monoisotopic (exact) mass is 284 g/mol. The molecular formula is C12H11F3N4O. The van der Waals surface area contributed by atoms with E-state index in [1.807, 2.05) is 0 Å².